The smallest absolute Gasteiger partial charge is 0.253 e. The molecule has 1 aliphatic heterocycles. The molecule has 0 bridgehead atoms. The molecule has 1 saturated heterocycles. The summed E-state index contributed by atoms with van der Waals surface area (Å²) in [6.07, 6.45) is 4.92. The van der Waals surface area contributed by atoms with Crippen LogP contribution in [0.1, 0.15) is 49.4 Å². The second-order valence-electron chi connectivity index (χ2n) is 7.66. The lowest BCUT2D eigenvalue weighted by Crippen LogP contribution is -2.31. The molecule has 1 fully saturated rings. The number of rotatable bonds is 7. The first-order valence-electron chi connectivity index (χ1n) is 10.9. The molecule has 0 aliphatic carbocycles. The Bertz CT molecular complexity index is 886. The number of carbonyl (C=O) groups excluding carboxylic acids is 3. The Morgan fingerprint density at radius 2 is 1.26 bits per heavy atom. The molecule has 0 unspecified atom stereocenters. The lowest BCUT2D eigenvalue weighted by atomic mass is 10.1. The van der Waals surface area contributed by atoms with Gasteiger partial charge in [0.05, 0.1) is 6.54 Å². The number of likely N-dealkylation sites (tertiary alicyclic amines) is 1. The summed E-state index contributed by atoms with van der Waals surface area (Å²) in [6, 6.07) is 14.2. The van der Waals surface area contributed by atoms with Gasteiger partial charge in [0.25, 0.3) is 5.91 Å². The molecule has 7 heteroatoms. The van der Waals surface area contributed by atoms with Crippen molar-refractivity contribution in [3.05, 3.63) is 54.1 Å². The summed E-state index contributed by atoms with van der Waals surface area (Å²) in [5.41, 5.74) is 2.80. The maximum absolute atomic E-state index is 12.7. The first-order chi connectivity index (χ1) is 15.0. The predicted octanol–water partition coefficient (Wildman–Crippen LogP) is 4.10. The van der Waals surface area contributed by atoms with Crippen molar-refractivity contribution in [1.82, 2.24) is 4.90 Å². The summed E-state index contributed by atoms with van der Waals surface area (Å²) in [5, 5.41) is 8.65. The van der Waals surface area contributed by atoms with E-state index in [1.807, 2.05) is 17.0 Å². The van der Waals surface area contributed by atoms with E-state index in [1.54, 1.807) is 43.3 Å². The van der Waals surface area contributed by atoms with Crippen LogP contribution in [0.2, 0.25) is 0 Å². The molecule has 0 atom stereocenters. The van der Waals surface area contributed by atoms with Gasteiger partial charge >= 0.3 is 0 Å². The first-order valence-corrected chi connectivity index (χ1v) is 10.9. The summed E-state index contributed by atoms with van der Waals surface area (Å²) in [5.74, 6) is -0.167. The zero-order valence-electron chi connectivity index (χ0n) is 17.9. The highest BCUT2D eigenvalue weighted by Gasteiger charge is 2.17. The first kappa shape index (κ1) is 22.3. The van der Waals surface area contributed by atoms with Crippen LogP contribution in [0.15, 0.2) is 48.5 Å². The molecule has 0 saturated carbocycles. The van der Waals surface area contributed by atoms with Gasteiger partial charge < -0.3 is 20.9 Å². The normalized spacial score (nSPS) is 13.8. The molecule has 7 nitrogen and oxygen atoms in total. The van der Waals surface area contributed by atoms with Crippen LogP contribution >= 0.6 is 0 Å². The average molecular weight is 423 g/mol. The Kier molecular flexibility index (Phi) is 8.04. The van der Waals surface area contributed by atoms with Crippen LogP contribution in [0.4, 0.5) is 17.1 Å². The van der Waals surface area contributed by atoms with E-state index >= 15 is 0 Å². The number of carbonyl (C=O) groups is 3. The van der Waals surface area contributed by atoms with E-state index in [0.717, 1.165) is 31.6 Å². The minimum Gasteiger partial charge on any atom is -0.376 e. The Hall–Kier alpha value is -3.35. The van der Waals surface area contributed by atoms with E-state index in [-0.39, 0.29) is 24.3 Å². The zero-order valence-corrected chi connectivity index (χ0v) is 17.9. The molecule has 1 heterocycles. The van der Waals surface area contributed by atoms with E-state index in [2.05, 4.69) is 16.0 Å². The van der Waals surface area contributed by atoms with Crippen LogP contribution in [0.25, 0.3) is 0 Å². The van der Waals surface area contributed by atoms with Crippen molar-refractivity contribution >= 4 is 34.8 Å². The van der Waals surface area contributed by atoms with Crippen molar-refractivity contribution in [3.8, 4) is 0 Å². The number of hydrogen-bond donors (Lipinski definition) is 3. The van der Waals surface area contributed by atoms with E-state index < -0.39 is 0 Å². The fourth-order valence-electron chi connectivity index (χ4n) is 3.46. The van der Waals surface area contributed by atoms with Crippen molar-refractivity contribution in [1.29, 1.82) is 0 Å². The molecule has 0 radical (unpaired) electrons. The van der Waals surface area contributed by atoms with Crippen LogP contribution in [-0.4, -0.2) is 42.3 Å². The summed E-state index contributed by atoms with van der Waals surface area (Å²) < 4.78 is 0. The topological polar surface area (TPSA) is 90.5 Å². The number of hydrogen-bond acceptors (Lipinski definition) is 4. The molecule has 31 heavy (non-hydrogen) atoms. The number of nitrogens with zero attached hydrogens (tertiary/aromatic N) is 1. The van der Waals surface area contributed by atoms with Crippen LogP contribution < -0.4 is 16.0 Å². The third-order valence-electron chi connectivity index (χ3n) is 5.25. The van der Waals surface area contributed by atoms with Gasteiger partial charge in [-0.1, -0.05) is 19.8 Å². The lowest BCUT2D eigenvalue weighted by molar-refractivity contribution is -0.116. The average Bonchev–Trinajstić information content (AvgIpc) is 3.08. The Morgan fingerprint density at radius 3 is 1.81 bits per heavy atom. The summed E-state index contributed by atoms with van der Waals surface area (Å²) >= 11 is 0. The second-order valence-corrected chi connectivity index (χ2v) is 7.66. The van der Waals surface area contributed by atoms with Crippen molar-refractivity contribution < 1.29 is 14.4 Å². The monoisotopic (exact) mass is 422 g/mol. The third-order valence-corrected chi connectivity index (χ3v) is 5.25. The van der Waals surface area contributed by atoms with E-state index in [4.69, 9.17) is 0 Å². The van der Waals surface area contributed by atoms with Gasteiger partial charge in [0, 0.05) is 42.1 Å². The predicted molar refractivity (Wildman–Crippen MR) is 123 cm³/mol. The van der Waals surface area contributed by atoms with Gasteiger partial charge in [-0.15, -0.1) is 0 Å². The van der Waals surface area contributed by atoms with Crippen molar-refractivity contribution in [2.75, 3.05) is 35.6 Å². The minimum atomic E-state index is -0.185. The molecular weight excluding hydrogens is 392 g/mol. The van der Waals surface area contributed by atoms with Crippen molar-refractivity contribution in [2.45, 2.75) is 39.0 Å². The summed E-state index contributed by atoms with van der Waals surface area (Å²) in [4.78, 5) is 38.2. The SMILES string of the molecule is CCC(=O)Nc1ccc(NC(=O)CNc2ccc(C(=O)N3CCCCCC3)cc2)cc1. The zero-order chi connectivity index (χ0) is 22.1. The van der Waals surface area contributed by atoms with Gasteiger partial charge in [0.2, 0.25) is 11.8 Å². The Balaban J connectivity index is 1.46. The highest BCUT2D eigenvalue weighted by Crippen LogP contribution is 2.16. The van der Waals surface area contributed by atoms with Gasteiger partial charge in [0.15, 0.2) is 0 Å². The molecule has 1 aliphatic rings. The molecule has 3 rings (SSSR count). The van der Waals surface area contributed by atoms with Gasteiger partial charge in [0.1, 0.15) is 0 Å². The second kappa shape index (κ2) is 11.2. The molecule has 2 aromatic rings. The number of nitrogens with one attached hydrogen (secondary N) is 3. The molecule has 3 amide bonds. The van der Waals surface area contributed by atoms with Crippen molar-refractivity contribution in [2.24, 2.45) is 0 Å². The van der Waals surface area contributed by atoms with Crippen LogP contribution in [0, 0.1) is 0 Å². The quantitative estimate of drug-likeness (QED) is 0.627. The van der Waals surface area contributed by atoms with Gasteiger partial charge in [-0.25, -0.2) is 0 Å². The maximum atomic E-state index is 12.7. The van der Waals surface area contributed by atoms with Gasteiger partial charge in [-0.2, -0.15) is 0 Å². The maximum Gasteiger partial charge on any atom is 0.253 e. The van der Waals surface area contributed by atoms with E-state index in [9.17, 15) is 14.4 Å². The standard InChI is InChI=1S/C24H30N4O3/c1-2-22(29)26-20-11-13-21(14-12-20)27-23(30)17-25-19-9-7-18(8-10-19)24(31)28-15-5-3-4-6-16-28/h7-14,25H,2-6,15-17H2,1H3,(H,26,29)(H,27,30). The molecule has 0 aromatic heterocycles. The highest BCUT2D eigenvalue weighted by atomic mass is 16.2. The van der Waals surface area contributed by atoms with E-state index in [1.165, 1.54) is 12.8 Å². The minimum absolute atomic E-state index is 0.0554. The Labute approximate surface area is 183 Å². The van der Waals surface area contributed by atoms with Crippen molar-refractivity contribution in [3.63, 3.8) is 0 Å². The Morgan fingerprint density at radius 1 is 0.742 bits per heavy atom. The molecule has 3 N–H and O–H groups in total. The lowest BCUT2D eigenvalue weighted by Gasteiger charge is -2.20. The highest BCUT2D eigenvalue weighted by molar-refractivity contribution is 5.96. The number of anilines is 3. The molecular formula is C24H30N4O3. The van der Waals surface area contributed by atoms with E-state index in [0.29, 0.717) is 23.4 Å². The van der Waals surface area contributed by atoms with Gasteiger partial charge in [-0.05, 0) is 61.4 Å². The summed E-state index contributed by atoms with van der Waals surface area (Å²) in [7, 11) is 0. The fraction of sp³-hybridized carbons (Fsp3) is 0.375. The fourth-order valence-corrected chi connectivity index (χ4v) is 3.46. The molecule has 2 aromatic carbocycles. The largest absolute Gasteiger partial charge is 0.376 e. The van der Waals surface area contributed by atoms with Gasteiger partial charge in [-0.3, -0.25) is 14.4 Å². The van der Waals surface area contributed by atoms with Crippen LogP contribution in [0.5, 0.6) is 0 Å². The molecule has 164 valence electrons. The number of benzene rings is 2. The molecule has 0 spiro atoms. The number of amides is 3. The third kappa shape index (κ3) is 6.84. The van der Waals surface area contributed by atoms with Crippen LogP contribution in [-0.2, 0) is 9.59 Å². The summed E-state index contributed by atoms with van der Waals surface area (Å²) in [6.45, 7) is 3.54. The van der Waals surface area contributed by atoms with Crippen LogP contribution in [0.3, 0.4) is 0 Å².